The molecule has 0 aliphatic carbocycles. The highest BCUT2D eigenvalue weighted by atomic mass is 35.5. The van der Waals surface area contributed by atoms with E-state index in [4.69, 9.17) is 22.1 Å². The number of guanidine groups is 1. The number of anilines is 1. The Morgan fingerprint density at radius 2 is 2.05 bits per heavy atom. The highest BCUT2D eigenvalue weighted by molar-refractivity contribution is 6.30. The Bertz CT molecular complexity index is 470. The lowest BCUT2D eigenvalue weighted by atomic mass is 9.98. The molecule has 2 rings (SSSR count). The molecule has 0 bridgehead atoms. The Morgan fingerprint density at radius 3 is 2.63 bits per heavy atom. The Hall–Kier alpha value is -1.26. The van der Waals surface area contributed by atoms with E-state index in [1.807, 2.05) is 24.3 Å². The zero-order chi connectivity index (χ0) is 14.0. The van der Waals surface area contributed by atoms with Gasteiger partial charge in [0.1, 0.15) is 0 Å². The van der Waals surface area contributed by atoms with Crippen molar-refractivity contribution in [3.05, 3.63) is 29.3 Å². The first-order valence-corrected chi connectivity index (χ1v) is 6.70. The molecule has 1 aliphatic rings. The molecule has 104 valence electrons. The standard InChI is InChI=1S/C14H20ClN3O/c1-14(2,19-3)8-12-9-17-13(16)18(12)11-6-4-10(15)5-7-11/h4-7,12H,8-9H2,1-3H3,(H2,16,17). The van der Waals surface area contributed by atoms with Crippen LogP contribution in [0.1, 0.15) is 20.3 Å². The van der Waals surface area contributed by atoms with Crippen LogP contribution in [0.5, 0.6) is 0 Å². The maximum atomic E-state index is 6.00. The molecule has 1 aliphatic heterocycles. The first-order valence-electron chi connectivity index (χ1n) is 6.33. The van der Waals surface area contributed by atoms with Crippen LogP contribution in [0.3, 0.4) is 0 Å². The van der Waals surface area contributed by atoms with Crippen molar-refractivity contribution in [1.29, 1.82) is 0 Å². The van der Waals surface area contributed by atoms with Gasteiger partial charge in [-0.15, -0.1) is 0 Å². The molecular weight excluding hydrogens is 262 g/mol. The van der Waals surface area contributed by atoms with E-state index in [0.717, 1.165) is 12.1 Å². The molecule has 1 aromatic carbocycles. The van der Waals surface area contributed by atoms with Crippen molar-refractivity contribution in [3.8, 4) is 0 Å². The summed E-state index contributed by atoms with van der Waals surface area (Å²) in [6, 6.07) is 7.87. The van der Waals surface area contributed by atoms with E-state index < -0.39 is 0 Å². The van der Waals surface area contributed by atoms with Crippen molar-refractivity contribution >= 4 is 23.2 Å². The van der Waals surface area contributed by atoms with Crippen LogP contribution in [0.25, 0.3) is 0 Å². The third kappa shape index (κ3) is 3.19. The predicted octanol–water partition coefficient (Wildman–Crippen LogP) is 2.66. The van der Waals surface area contributed by atoms with Gasteiger partial charge < -0.3 is 15.4 Å². The number of hydrogen-bond donors (Lipinski definition) is 1. The normalized spacial score (nSPS) is 19.7. The number of nitrogens with zero attached hydrogens (tertiary/aromatic N) is 2. The van der Waals surface area contributed by atoms with Crippen LogP contribution in [0.4, 0.5) is 5.69 Å². The largest absolute Gasteiger partial charge is 0.379 e. The monoisotopic (exact) mass is 281 g/mol. The second kappa shape index (κ2) is 5.39. The van der Waals surface area contributed by atoms with E-state index >= 15 is 0 Å². The van der Waals surface area contributed by atoms with E-state index in [1.165, 1.54) is 0 Å². The lowest BCUT2D eigenvalue weighted by Gasteiger charge is -2.32. The molecule has 1 heterocycles. The summed E-state index contributed by atoms with van der Waals surface area (Å²) >= 11 is 5.92. The van der Waals surface area contributed by atoms with E-state index in [9.17, 15) is 0 Å². The van der Waals surface area contributed by atoms with Crippen molar-refractivity contribution in [2.24, 2.45) is 10.7 Å². The molecule has 1 unspecified atom stereocenters. The van der Waals surface area contributed by atoms with Gasteiger partial charge in [0.15, 0.2) is 5.96 Å². The van der Waals surface area contributed by atoms with Crippen molar-refractivity contribution < 1.29 is 4.74 Å². The fourth-order valence-electron chi connectivity index (χ4n) is 2.30. The summed E-state index contributed by atoms with van der Waals surface area (Å²) in [6.07, 6.45) is 0.857. The summed E-state index contributed by atoms with van der Waals surface area (Å²) < 4.78 is 5.50. The number of halogens is 1. The molecule has 0 fully saturated rings. The number of benzene rings is 1. The lowest BCUT2D eigenvalue weighted by Crippen LogP contribution is -2.44. The SMILES string of the molecule is COC(C)(C)CC1CN=C(N)N1c1ccc(Cl)cc1. The zero-order valence-electron chi connectivity index (χ0n) is 11.6. The average Bonchev–Trinajstić information content (AvgIpc) is 2.71. The van der Waals surface area contributed by atoms with E-state index in [0.29, 0.717) is 17.5 Å². The Kier molecular flexibility index (Phi) is 4.02. The minimum Gasteiger partial charge on any atom is -0.379 e. The summed E-state index contributed by atoms with van der Waals surface area (Å²) in [7, 11) is 1.73. The van der Waals surface area contributed by atoms with Crippen LogP contribution in [0, 0.1) is 0 Å². The van der Waals surface area contributed by atoms with Gasteiger partial charge in [0.2, 0.25) is 0 Å². The molecule has 2 N–H and O–H groups in total. The summed E-state index contributed by atoms with van der Waals surface area (Å²) in [5.41, 5.74) is 6.82. The Balaban J connectivity index is 2.20. The molecule has 1 aromatic rings. The van der Waals surface area contributed by atoms with E-state index in [2.05, 4.69) is 23.7 Å². The molecule has 0 spiro atoms. The van der Waals surface area contributed by atoms with E-state index in [1.54, 1.807) is 7.11 Å². The van der Waals surface area contributed by atoms with Gasteiger partial charge in [-0.2, -0.15) is 0 Å². The number of nitrogens with two attached hydrogens (primary N) is 1. The molecule has 0 aromatic heterocycles. The molecule has 0 amide bonds. The van der Waals surface area contributed by atoms with Crippen LogP contribution in [-0.2, 0) is 4.74 Å². The van der Waals surface area contributed by atoms with Gasteiger partial charge in [0, 0.05) is 17.8 Å². The smallest absolute Gasteiger partial charge is 0.196 e. The van der Waals surface area contributed by atoms with Crippen LogP contribution < -0.4 is 10.6 Å². The number of rotatable bonds is 4. The van der Waals surface area contributed by atoms with Crippen molar-refractivity contribution in [3.63, 3.8) is 0 Å². The Labute approximate surface area is 119 Å². The summed E-state index contributed by atoms with van der Waals surface area (Å²) in [4.78, 5) is 6.40. The second-order valence-electron chi connectivity index (χ2n) is 5.37. The van der Waals surface area contributed by atoms with Crippen LogP contribution >= 0.6 is 11.6 Å². The predicted molar refractivity (Wildman–Crippen MR) is 79.9 cm³/mol. The summed E-state index contributed by atoms with van der Waals surface area (Å²) in [6.45, 7) is 4.84. The Morgan fingerprint density at radius 1 is 1.42 bits per heavy atom. The summed E-state index contributed by atoms with van der Waals surface area (Å²) in [5.74, 6) is 0.555. The number of hydrogen-bond acceptors (Lipinski definition) is 4. The van der Waals surface area contributed by atoms with Gasteiger partial charge in [0.25, 0.3) is 0 Å². The van der Waals surface area contributed by atoms with Gasteiger partial charge in [-0.3, -0.25) is 4.99 Å². The van der Waals surface area contributed by atoms with Gasteiger partial charge in [-0.25, -0.2) is 0 Å². The zero-order valence-corrected chi connectivity index (χ0v) is 12.3. The molecule has 4 nitrogen and oxygen atoms in total. The molecule has 0 radical (unpaired) electrons. The van der Waals surface area contributed by atoms with Crippen LogP contribution in [0.2, 0.25) is 5.02 Å². The van der Waals surface area contributed by atoms with Crippen LogP contribution in [-0.4, -0.2) is 31.3 Å². The lowest BCUT2D eigenvalue weighted by molar-refractivity contribution is 0.0114. The van der Waals surface area contributed by atoms with Gasteiger partial charge in [0.05, 0.1) is 18.2 Å². The molecule has 19 heavy (non-hydrogen) atoms. The maximum absolute atomic E-state index is 6.00. The minimum atomic E-state index is -0.199. The third-order valence-corrected chi connectivity index (χ3v) is 3.71. The number of aliphatic imine (C=N–C) groups is 1. The average molecular weight is 282 g/mol. The van der Waals surface area contributed by atoms with Gasteiger partial charge in [-0.05, 0) is 44.5 Å². The van der Waals surface area contributed by atoms with E-state index in [-0.39, 0.29) is 11.6 Å². The first kappa shape index (κ1) is 14.2. The molecule has 0 saturated carbocycles. The maximum Gasteiger partial charge on any atom is 0.196 e. The molecule has 5 heteroatoms. The van der Waals surface area contributed by atoms with Gasteiger partial charge in [-0.1, -0.05) is 11.6 Å². The van der Waals surface area contributed by atoms with Crippen molar-refractivity contribution in [2.45, 2.75) is 31.9 Å². The highest BCUT2D eigenvalue weighted by Gasteiger charge is 2.32. The van der Waals surface area contributed by atoms with Crippen molar-refractivity contribution in [1.82, 2.24) is 0 Å². The molecule has 1 atom stereocenters. The number of ether oxygens (including phenoxy) is 1. The molecular formula is C14H20ClN3O. The number of methoxy groups -OCH3 is 1. The topological polar surface area (TPSA) is 50.9 Å². The fraction of sp³-hybridized carbons (Fsp3) is 0.500. The summed E-state index contributed by atoms with van der Waals surface area (Å²) in [5, 5.41) is 0.715. The quantitative estimate of drug-likeness (QED) is 0.923. The minimum absolute atomic E-state index is 0.199. The molecule has 0 saturated heterocycles. The van der Waals surface area contributed by atoms with Gasteiger partial charge >= 0.3 is 0 Å². The second-order valence-corrected chi connectivity index (χ2v) is 5.80. The van der Waals surface area contributed by atoms with Crippen LogP contribution in [0.15, 0.2) is 29.3 Å². The fourth-order valence-corrected chi connectivity index (χ4v) is 2.42. The first-order chi connectivity index (χ1) is 8.93. The highest BCUT2D eigenvalue weighted by Crippen LogP contribution is 2.28. The third-order valence-electron chi connectivity index (χ3n) is 3.46. The van der Waals surface area contributed by atoms with Crippen molar-refractivity contribution in [2.75, 3.05) is 18.6 Å².